The number of carbonyl (C=O) groups is 2. The van der Waals surface area contributed by atoms with Crippen LogP contribution < -0.4 is 10.7 Å². The molecule has 1 amide bonds. The molecule has 0 bridgehead atoms. The zero-order valence-corrected chi connectivity index (χ0v) is 12.7. The summed E-state index contributed by atoms with van der Waals surface area (Å²) in [6.07, 6.45) is 0. The number of fused-ring (bicyclic) bond motifs is 1. The Morgan fingerprint density at radius 1 is 1.08 bits per heavy atom. The maximum absolute atomic E-state index is 12.3. The Hall–Kier alpha value is -3.41. The molecule has 1 heterocycles. The molecule has 0 unspecified atom stereocenters. The number of aryl methyl sites for hydroxylation is 1. The average molecular weight is 323 g/mol. The van der Waals surface area contributed by atoms with Gasteiger partial charge < -0.3 is 14.8 Å². The van der Waals surface area contributed by atoms with Crippen LogP contribution in [0.3, 0.4) is 0 Å². The van der Waals surface area contributed by atoms with Crippen molar-refractivity contribution in [1.29, 1.82) is 0 Å². The summed E-state index contributed by atoms with van der Waals surface area (Å²) in [4.78, 5) is 35.4. The molecule has 0 radical (unpaired) electrons. The second-order valence-electron chi connectivity index (χ2n) is 5.28. The normalized spacial score (nSPS) is 10.5. The van der Waals surface area contributed by atoms with E-state index in [1.165, 1.54) is 6.07 Å². The third kappa shape index (κ3) is 2.89. The summed E-state index contributed by atoms with van der Waals surface area (Å²) in [7, 11) is 0. The number of anilines is 1. The van der Waals surface area contributed by atoms with Gasteiger partial charge in [0, 0.05) is 11.6 Å². The van der Waals surface area contributed by atoms with Crippen LogP contribution in [-0.4, -0.2) is 17.0 Å². The minimum Gasteiger partial charge on any atom is -0.475 e. The Kier molecular flexibility index (Phi) is 3.87. The molecule has 3 aromatic rings. The summed E-state index contributed by atoms with van der Waals surface area (Å²) in [6, 6.07) is 12.5. The van der Waals surface area contributed by atoms with Gasteiger partial charge in [-0.1, -0.05) is 23.8 Å². The van der Waals surface area contributed by atoms with Crippen molar-refractivity contribution < 1.29 is 19.1 Å². The lowest BCUT2D eigenvalue weighted by atomic mass is 10.1. The minimum absolute atomic E-state index is 0.0304. The fourth-order valence-corrected chi connectivity index (χ4v) is 2.28. The monoisotopic (exact) mass is 323 g/mol. The van der Waals surface area contributed by atoms with Gasteiger partial charge >= 0.3 is 5.97 Å². The van der Waals surface area contributed by atoms with Crippen LogP contribution in [0.1, 0.15) is 26.5 Å². The summed E-state index contributed by atoms with van der Waals surface area (Å²) >= 11 is 0. The van der Waals surface area contributed by atoms with Crippen LogP contribution in [0.5, 0.6) is 0 Å². The van der Waals surface area contributed by atoms with Gasteiger partial charge in [-0.05, 0) is 31.2 Å². The van der Waals surface area contributed by atoms with Gasteiger partial charge in [0.1, 0.15) is 0 Å². The van der Waals surface area contributed by atoms with Crippen LogP contribution in [0.15, 0.2) is 57.7 Å². The van der Waals surface area contributed by atoms with Crippen LogP contribution in [0, 0.1) is 6.92 Å². The highest BCUT2D eigenvalue weighted by Crippen LogP contribution is 2.23. The second kappa shape index (κ2) is 6.00. The molecule has 2 aromatic carbocycles. The number of carbonyl (C=O) groups excluding carboxylic acids is 1. The molecular weight excluding hydrogens is 310 g/mol. The zero-order chi connectivity index (χ0) is 17.3. The lowest BCUT2D eigenvalue weighted by Gasteiger charge is -2.08. The van der Waals surface area contributed by atoms with E-state index in [0.29, 0.717) is 5.56 Å². The van der Waals surface area contributed by atoms with Gasteiger partial charge in [-0.3, -0.25) is 9.59 Å². The topological polar surface area (TPSA) is 96.6 Å². The number of amides is 1. The molecule has 0 saturated heterocycles. The van der Waals surface area contributed by atoms with Gasteiger partial charge in [-0.2, -0.15) is 0 Å². The maximum atomic E-state index is 12.3. The number of aromatic carboxylic acids is 1. The lowest BCUT2D eigenvalue weighted by Crippen LogP contribution is -2.13. The first-order chi connectivity index (χ1) is 11.5. The molecule has 0 atom stereocenters. The molecule has 0 saturated carbocycles. The number of rotatable bonds is 3. The molecule has 0 aliphatic heterocycles. The van der Waals surface area contributed by atoms with Crippen LogP contribution >= 0.6 is 0 Å². The van der Waals surface area contributed by atoms with Crippen molar-refractivity contribution in [3.63, 3.8) is 0 Å². The summed E-state index contributed by atoms with van der Waals surface area (Å²) in [5.41, 5.74) is 1.24. The smallest absolute Gasteiger partial charge is 0.371 e. The SMILES string of the molecule is Cc1ccc(C(=O)Nc2cccc3c(=O)cc(C(=O)O)oc23)cc1. The highest BCUT2D eigenvalue weighted by molar-refractivity contribution is 6.08. The van der Waals surface area contributed by atoms with Crippen LogP contribution in [-0.2, 0) is 0 Å². The number of hydrogen-bond donors (Lipinski definition) is 2. The van der Waals surface area contributed by atoms with Crippen molar-refractivity contribution in [2.45, 2.75) is 6.92 Å². The number of carboxylic acid groups (broad SMARTS) is 1. The fourth-order valence-electron chi connectivity index (χ4n) is 2.28. The molecule has 0 fully saturated rings. The Morgan fingerprint density at radius 2 is 1.79 bits per heavy atom. The molecule has 1 aromatic heterocycles. The second-order valence-corrected chi connectivity index (χ2v) is 5.28. The highest BCUT2D eigenvalue weighted by atomic mass is 16.4. The molecule has 2 N–H and O–H groups in total. The molecule has 6 heteroatoms. The number of para-hydroxylation sites is 1. The molecule has 24 heavy (non-hydrogen) atoms. The molecule has 0 spiro atoms. The van der Waals surface area contributed by atoms with Crippen molar-refractivity contribution in [3.8, 4) is 0 Å². The van der Waals surface area contributed by atoms with Crippen molar-refractivity contribution in [2.24, 2.45) is 0 Å². The van der Waals surface area contributed by atoms with E-state index in [9.17, 15) is 14.4 Å². The quantitative estimate of drug-likeness (QED) is 0.772. The third-order valence-electron chi connectivity index (χ3n) is 3.53. The van der Waals surface area contributed by atoms with Crippen LogP contribution in [0.4, 0.5) is 5.69 Å². The molecule has 3 rings (SSSR count). The number of carboxylic acids is 1. The summed E-state index contributed by atoms with van der Waals surface area (Å²) in [5, 5.41) is 11.9. The molecule has 6 nitrogen and oxygen atoms in total. The van der Waals surface area contributed by atoms with E-state index < -0.39 is 17.2 Å². The number of nitrogens with one attached hydrogen (secondary N) is 1. The molecule has 0 aliphatic carbocycles. The first kappa shape index (κ1) is 15.5. The van der Waals surface area contributed by atoms with E-state index in [2.05, 4.69) is 5.32 Å². The van der Waals surface area contributed by atoms with Gasteiger partial charge in [0.2, 0.25) is 5.76 Å². The van der Waals surface area contributed by atoms with E-state index in [0.717, 1.165) is 11.6 Å². The van der Waals surface area contributed by atoms with Gasteiger partial charge in [0.05, 0.1) is 11.1 Å². The van der Waals surface area contributed by atoms with Crippen LogP contribution in [0.2, 0.25) is 0 Å². The molecule has 0 aliphatic rings. The van der Waals surface area contributed by atoms with Crippen molar-refractivity contribution in [3.05, 3.63) is 75.6 Å². The lowest BCUT2D eigenvalue weighted by molar-refractivity contribution is 0.0663. The van der Waals surface area contributed by atoms with Gasteiger partial charge in [-0.15, -0.1) is 0 Å². The average Bonchev–Trinajstić information content (AvgIpc) is 2.56. The predicted octanol–water partition coefficient (Wildman–Crippen LogP) is 3.05. The van der Waals surface area contributed by atoms with E-state index in [1.807, 2.05) is 6.92 Å². The van der Waals surface area contributed by atoms with Crippen molar-refractivity contribution in [1.82, 2.24) is 0 Å². The maximum Gasteiger partial charge on any atom is 0.371 e. The standard InChI is InChI=1S/C18H13NO5/c1-10-5-7-11(8-6-10)17(21)19-13-4-2-3-12-14(20)9-15(18(22)23)24-16(12)13/h2-9H,1H3,(H,19,21)(H,22,23). The van der Waals surface area contributed by atoms with E-state index >= 15 is 0 Å². The van der Waals surface area contributed by atoms with E-state index in [-0.39, 0.29) is 22.6 Å². The highest BCUT2D eigenvalue weighted by Gasteiger charge is 2.15. The summed E-state index contributed by atoms with van der Waals surface area (Å²) in [6.45, 7) is 1.91. The fraction of sp³-hybridized carbons (Fsp3) is 0.0556. The number of hydrogen-bond acceptors (Lipinski definition) is 4. The predicted molar refractivity (Wildman–Crippen MR) is 88.6 cm³/mol. The summed E-state index contributed by atoms with van der Waals surface area (Å²) < 4.78 is 5.28. The van der Waals surface area contributed by atoms with Gasteiger partial charge in [-0.25, -0.2) is 4.79 Å². The Morgan fingerprint density at radius 3 is 2.46 bits per heavy atom. The van der Waals surface area contributed by atoms with Gasteiger partial charge in [0.15, 0.2) is 11.0 Å². The first-order valence-corrected chi connectivity index (χ1v) is 7.14. The molecule has 120 valence electrons. The minimum atomic E-state index is -1.35. The Labute approximate surface area is 136 Å². The first-order valence-electron chi connectivity index (χ1n) is 7.14. The van der Waals surface area contributed by atoms with E-state index in [1.54, 1.807) is 36.4 Å². The van der Waals surface area contributed by atoms with Crippen molar-refractivity contribution in [2.75, 3.05) is 5.32 Å². The Balaban J connectivity index is 2.06. The van der Waals surface area contributed by atoms with Crippen molar-refractivity contribution >= 4 is 28.5 Å². The largest absolute Gasteiger partial charge is 0.475 e. The van der Waals surface area contributed by atoms with Crippen LogP contribution in [0.25, 0.3) is 11.0 Å². The summed E-state index contributed by atoms with van der Waals surface area (Å²) in [5.74, 6) is -2.22. The third-order valence-corrected chi connectivity index (χ3v) is 3.53. The Bertz CT molecular complexity index is 1000. The molecular formula is C18H13NO5. The van der Waals surface area contributed by atoms with Gasteiger partial charge in [0.25, 0.3) is 5.91 Å². The number of benzene rings is 2. The van der Waals surface area contributed by atoms with E-state index in [4.69, 9.17) is 9.52 Å². The zero-order valence-electron chi connectivity index (χ0n) is 12.7.